The van der Waals surface area contributed by atoms with Crippen molar-refractivity contribution >= 4 is 17.4 Å². The van der Waals surface area contributed by atoms with Crippen LogP contribution in [0.4, 0.5) is 10.2 Å². The number of halogens is 1. The normalized spacial score (nSPS) is 19.6. The van der Waals surface area contributed by atoms with Crippen molar-refractivity contribution in [2.24, 2.45) is 0 Å². The van der Waals surface area contributed by atoms with Crippen LogP contribution in [0.5, 0.6) is 11.6 Å². The van der Waals surface area contributed by atoms with Crippen LogP contribution in [0.2, 0.25) is 0 Å². The number of fused-ring (bicyclic) bond motifs is 3. The van der Waals surface area contributed by atoms with E-state index in [4.69, 9.17) is 19.2 Å². The molecule has 2 aliphatic rings. The maximum atomic E-state index is 13.9. The van der Waals surface area contributed by atoms with Gasteiger partial charge >= 0.3 is 5.97 Å². The smallest absolute Gasteiger partial charge is 0.343 e. The third-order valence-corrected chi connectivity index (χ3v) is 5.44. The maximum absolute atomic E-state index is 13.9. The molecule has 3 aromatic heterocycles. The Labute approximate surface area is 176 Å². The lowest BCUT2D eigenvalue weighted by Gasteiger charge is -2.39. The number of anilines is 1. The molecular formula is C20H21FN6O4. The molecule has 0 unspecified atom stereocenters. The summed E-state index contributed by atoms with van der Waals surface area (Å²) in [6.07, 6.45) is 4.13. The summed E-state index contributed by atoms with van der Waals surface area (Å²) in [4.78, 5) is 23.1. The molecular weight excluding hydrogens is 407 g/mol. The van der Waals surface area contributed by atoms with Gasteiger partial charge < -0.3 is 24.4 Å². The molecule has 5 heterocycles. The van der Waals surface area contributed by atoms with E-state index in [0.29, 0.717) is 48.3 Å². The van der Waals surface area contributed by atoms with Crippen molar-refractivity contribution in [3.05, 3.63) is 41.6 Å². The number of ether oxygens (including phenoxy) is 3. The maximum Gasteiger partial charge on any atom is 0.343 e. The molecule has 5 rings (SSSR count). The minimum atomic E-state index is -0.496. The number of nitrogens with one attached hydrogen (secondary N) is 1. The zero-order chi connectivity index (χ0) is 21.5. The van der Waals surface area contributed by atoms with E-state index in [1.807, 2.05) is 4.90 Å². The van der Waals surface area contributed by atoms with Crippen LogP contribution in [0.25, 0.3) is 5.65 Å². The van der Waals surface area contributed by atoms with Crippen molar-refractivity contribution < 1.29 is 23.4 Å². The van der Waals surface area contributed by atoms with Gasteiger partial charge in [-0.1, -0.05) is 0 Å². The number of carbonyl (C=O) groups excluding carboxylic acids is 1. The van der Waals surface area contributed by atoms with Crippen LogP contribution in [0.3, 0.4) is 0 Å². The van der Waals surface area contributed by atoms with Crippen LogP contribution < -0.4 is 19.7 Å². The first-order chi connectivity index (χ1) is 15.1. The minimum Gasteiger partial charge on any atom is -0.481 e. The van der Waals surface area contributed by atoms with Crippen molar-refractivity contribution in [3.8, 4) is 11.6 Å². The number of nitrogens with zero attached hydrogens (tertiary/aromatic N) is 5. The quantitative estimate of drug-likeness (QED) is 0.600. The number of pyridine rings is 1. The van der Waals surface area contributed by atoms with Crippen LogP contribution in [0, 0.1) is 5.82 Å². The lowest BCUT2D eigenvalue weighted by atomic mass is 10.1. The zero-order valence-electron chi connectivity index (χ0n) is 17.0. The highest BCUT2D eigenvalue weighted by molar-refractivity contribution is 5.96. The van der Waals surface area contributed by atoms with Crippen molar-refractivity contribution in [2.75, 3.05) is 31.7 Å². The molecule has 2 aliphatic heterocycles. The highest BCUT2D eigenvalue weighted by Gasteiger charge is 2.41. The first-order valence-electron chi connectivity index (χ1n) is 9.97. The number of aromatic nitrogens is 4. The average Bonchev–Trinajstić information content (AvgIpc) is 3.39. The Bertz CT molecular complexity index is 1150. The molecule has 2 atom stereocenters. The van der Waals surface area contributed by atoms with Gasteiger partial charge in [0.15, 0.2) is 17.2 Å². The van der Waals surface area contributed by atoms with Crippen molar-refractivity contribution in [1.82, 2.24) is 24.9 Å². The van der Waals surface area contributed by atoms with Gasteiger partial charge in [0.25, 0.3) is 0 Å². The summed E-state index contributed by atoms with van der Waals surface area (Å²) in [5.74, 6) is 0.461. The van der Waals surface area contributed by atoms with Crippen LogP contribution in [-0.4, -0.2) is 64.5 Å². The summed E-state index contributed by atoms with van der Waals surface area (Å²) >= 11 is 0. The van der Waals surface area contributed by atoms with E-state index < -0.39 is 11.8 Å². The second kappa shape index (κ2) is 7.65. The monoisotopic (exact) mass is 428 g/mol. The molecule has 162 valence electrons. The lowest BCUT2D eigenvalue weighted by Crippen LogP contribution is -2.49. The van der Waals surface area contributed by atoms with Gasteiger partial charge in [-0.05, 0) is 13.0 Å². The fourth-order valence-electron chi connectivity index (χ4n) is 4.06. The summed E-state index contributed by atoms with van der Waals surface area (Å²) in [5, 5.41) is 7.55. The number of esters is 1. The third-order valence-electron chi connectivity index (χ3n) is 5.44. The van der Waals surface area contributed by atoms with E-state index in [0.717, 1.165) is 6.20 Å². The zero-order valence-corrected chi connectivity index (χ0v) is 17.0. The number of hydrogen-bond donors (Lipinski definition) is 1. The molecule has 1 fully saturated rings. The van der Waals surface area contributed by atoms with E-state index in [9.17, 15) is 9.18 Å². The Kier molecular flexibility index (Phi) is 4.81. The van der Waals surface area contributed by atoms with Gasteiger partial charge in [-0.15, -0.1) is 0 Å². The predicted molar refractivity (Wildman–Crippen MR) is 107 cm³/mol. The van der Waals surface area contributed by atoms with Gasteiger partial charge in [0.1, 0.15) is 17.5 Å². The molecule has 1 saturated heterocycles. The molecule has 0 radical (unpaired) electrons. The van der Waals surface area contributed by atoms with Crippen molar-refractivity contribution in [3.63, 3.8) is 0 Å². The minimum absolute atomic E-state index is 0.0376. The summed E-state index contributed by atoms with van der Waals surface area (Å²) in [5.41, 5.74) is 1.21. The molecule has 3 aromatic rings. The standard InChI is InChI=1S/C20H21FN6O4/c1-3-30-20(28)13-6-24-27-10-16-18(25-17(13)27)26(14-7-22-8-15(14)31-16)9-11-4-12(21)5-23-19(11)29-2/h4-6,10,14-15,22H,3,7-9H2,1-2H3/t14-,15+/m1/s1. The molecule has 0 spiro atoms. The second-order valence-corrected chi connectivity index (χ2v) is 7.31. The lowest BCUT2D eigenvalue weighted by molar-refractivity contribution is 0.0528. The number of hydrogen-bond acceptors (Lipinski definition) is 9. The van der Waals surface area contributed by atoms with Crippen LogP contribution in [-0.2, 0) is 11.3 Å². The Balaban J connectivity index is 1.61. The first-order valence-corrected chi connectivity index (χ1v) is 9.97. The molecule has 31 heavy (non-hydrogen) atoms. The number of carbonyl (C=O) groups is 1. The molecule has 0 amide bonds. The predicted octanol–water partition coefficient (Wildman–Crippen LogP) is 1.19. The molecule has 0 aromatic carbocycles. The van der Waals surface area contributed by atoms with Gasteiger partial charge in [0.2, 0.25) is 5.88 Å². The highest BCUT2D eigenvalue weighted by atomic mass is 19.1. The topological polar surface area (TPSA) is 103 Å². The molecule has 1 N–H and O–H groups in total. The Morgan fingerprint density at radius 2 is 2.26 bits per heavy atom. The van der Waals surface area contributed by atoms with Crippen LogP contribution >= 0.6 is 0 Å². The third kappa shape index (κ3) is 3.30. The van der Waals surface area contributed by atoms with Gasteiger partial charge in [-0.25, -0.2) is 23.7 Å². The van der Waals surface area contributed by atoms with Crippen molar-refractivity contribution in [2.45, 2.75) is 25.6 Å². The molecule has 0 saturated carbocycles. The second-order valence-electron chi connectivity index (χ2n) is 7.31. The molecule has 10 nitrogen and oxygen atoms in total. The van der Waals surface area contributed by atoms with E-state index >= 15 is 0 Å². The average molecular weight is 428 g/mol. The fraction of sp³-hybridized carbons (Fsp3) is 0.400. The van der Waals surface area contributed by atoms with E-state index in [2.05, 4.69) is 15.4 Å². The van der Waals surface area contributed by atoms with E-state index in [-0.39, 0.29) is 24.3 Å². The SMILES string of the molecule is CCOC(=O)c1cnn2cc3c(nc12)N(Cc1cc(F)cnc1OC)[C@@H]1CNC[C@@H]1O3. The summed E-state index contributed by atoms with van der Waals surface area (Å²) in [7, 11) is 1.50. The Hall–Kier alpha value is -3.47. The summed E-state index contributed by atoms with van der Waals surface area (Å²) in [6, 6.07) is 1.36. The Morgan fingerprint density at radius 1 is 1.39 bits per heavy atom. The fourth-order valence-corrected chi connectivity index (χ4v) is 4.06. The number of rotatable bonds is 5. The molecule has 0 aliphatic carbocycles. The summed E-state index contributed by atoms with van der Waals surface area (Å²) in [6.45, 7) is 3.63. The van der Waals surface area contributed by atoms with Crippen LogP contribution in [0.1, 0.15) is 22.8 Å². The molecule has 0 bridgehead atoms. The van der Waals surface area contributed by atoms with Gasteiger partial charge in [0.05, 0.1) is 44.9 Å². The first kappa shape index (κ1) is 19.5. The van der Waals surface area contributed by atoms with Crippen molar-refractivity contribution in [1.29, 1.82) is 0 Å². The van der Waals surface area contributed by atoms with Gasteiger partial charge in [-0.2, -0.15) is 5.10 Å². The van der Waals surface area contributed by atoms with E-state index in [1.165, 1.54) is 23.9 Å². The van der Waals surface area contributed by atoms with Gasteiger partial charge in [0, 0.05) is 18.7 Å². The largest absolute Gasteiger partial charge is 0.481 e. The Morgan fingerprint density at radius 3 is 3.06 bits per heavy atom. The molecule has 11 heteroatoms. The number of methoxy groups -OCH3 is 1. The summed E-state index contributed by atoms with van der Waals surface area (Å²) < 4.78 is 32.0. The van der Waals surface area contributed by atoms with Crippen LogP contribution in [0.15, 0.2) is 24.7 Å². The van der Waals surface area contributed by atoms with Gasteiger partial charge in [-0.3, -0.25) is 0 Å². The highest BCUT2D eigenvalue weighted by Crippen LogP contribution is 2.38. The van der Waals surface area contributed by atoms with E-state index in [1.54, 1.807) is 13.1 Å².